The van der Waals surface area contributed by atoms with Crippen LogP contribution in [-0.4, -0.2) is 23.0 Å². The van der Waals surface area contributed by atoms with Gasteiger partial charge in [-0.3, -0.25) is 4.79 Å². The molecule has 0 fully saturated rings. The van der Waals surface area contributed by atoms with Gasteiger partial charge in [0.1, 0.15) is 6.04 Å². The normalized spacial score (nSPS) is 11.9. The van der Waals surface area contributed by atoms with Gasteiger partial charge in [-0.2, -0.15) is 0 Å². The zero-order valence-electron chi connectivity index (χ0n) is 10.8. The van der Waals surface area contributed by atoms with Crippen molar-refractivity contribution >= 4 is 11.9 Å². The first-order valence-electron chi connectivity index (χ1n) is 6.21. The molecule has 0 saturated heterocycles. The molecule has 1 atom stereocenters. The van der Waals surface area contributed by atoms with E-state index in [1.165, 1.54) is 0 Å². The minimum atomic E-state index is -0.987. The predicted octanol–water partition coefficient (Wildman–Crippen LogP) is 2.23. The van der Waals surface area contributed by atoms with Crippen molar-refractivity contribution in [1.82, 2.24) is 5.32 Å². The number of hydrogen-bond acceptors (Lipinski definition) is 2. The van der Waals surface area contributed by atoms with E-state index >= 15 is 0 Å². The fourth-order valence-corrected chi connectivity index (χ4v) is 1.83. The molecule has 1 unspecified atom stereocenters. The first kappa shape index (κ1) is 14.2. The Morgan fingerprint density at radius 3 is 2.50 bits per heavy atom. The maximum atomic E-state index is 12.0. The number of carboxylic acid groups (broad SMARTS) is 1. The van der Waals surface area contributed by atoms with Crippen molar-refractivity contribution in [2.24, 2.45) is 0 Å². The summed E-state index contributed by atoms with van der Waals surface area (Å²) in [5.74, 6) is -1.30. The van der Waals surface area contributed by atoms with Crippen LogP contribution in [0.1, 0.15) is 42.6 Å². The van der Waals surface area contributed by atoms with Crippen LogP contribution >= 0.6 is 0 Å². The maximum absolute atomic E-state index is 12.0. The summed E-state index contributed by atoms with van der Waals surface area (Å²) in [6.45, 7) is 3.86. The summed E-state index contributed by atoms with van der Waals surface area (Å²) < 4.78 is 0. The molecule has 0 aromatic heterocycles. The van der Waals surface area contributed by atoms with E-state index in [4.69, 9.17) is 5.11 Å². The van der Waals surface area contributed by atoms with E-state index in [9.17, 15) is 9.59 Å². The average Bonchev–Trinajstić information content (AvgIpc) is 2.37. The Balaban J connectivity index is 2.83. The van der Waals surface area contributed by atoms with E-state index in [1.54, 1.807) is 12.1 Å². The minimum absolute atomic E-state index is 0.312. The molecule has 1 aromatic carbocycles. The molecule has 1 rings (SSSR count). The molecule has 0 aliphatic rings. The number of benzene rings is 1. The molecular formula is C14H19NO3. The van der Waals surface area contributed by atoms with Gasteiger partial charge >= 0.3 is 5.97 Å². The Labute approximate surface area is 107 Å². The Kier molecular flexibility index (Phi) is 5.36. The molecular weight excluding hydrogens is 230 g/mol. The standard InChI is InChI=1S/C14H19NO3/c1-3-7-12(14(17)18)15-13(16)11-9-6-5-8-10(11)4-2/h5-6,8-9,12H,3-4,7H2,1-2H3,(H,15,16)(H,17,18). The number of amides is 1. The Morgan fingerprint density at radius 2 is 1.94 bits per heavy atom. The highest BCUT2D eigenvalue weighted by atomic mass is 16.4. The highest BCUT2D eigenvalue weighted by Gasteiger charge is 2.20. The van der Waals surface area contributed by atoms with E-state index in [1.807, 2.05) is 26.0 Å². The lowest BCUT2D eigenvalue weighted by Crippen LogP contribution is -2.40. The number of hydrogen-bond donors (Lipinski definition) is 2. The van der Waals surface area contributed by atoms with Crippen LogP contribution in [0.2, 0.25) is 0 Å². The van der Waals surface area contributed by atoms with Crippen molar-refractivity contribution in [3.8, 4) is 0 Å². The van der Waals surface area contributed by atoms with Crippen molar-refractivity contribution < 1.29 is 14.7 Å². The van der Waals surface area contributed by atoms with Gasteiger partial charge in [0.05, 0.1) is 0 Å². The van der Waals surface area contributed by atoms with Crippen LogP contribution in [0.3, 0.4) is 0 Å². The number of carbonyl (C=O) groups is 2. The summed E-state index contributed by atoms with van der Waals surface area (Å²) in [5.41, 5.74) is 1.48. The molecule has 4 heteroatoms. The fraction of sp³-hybridized carbons (Fsp3) is 0.429. The first-order chi connectivity index (χ1) is 8.60. The van der Waals surface area contributed by atoms with E-state index in [0.29, 0.717) is 18.4 Å². The minimum Gasteiger partial charge on any atom is -0.480 e. The SMILES string of the molecule is CCCC(NC(=O)c1ccccc1CC)C(=O)O. The van der Waals surface area contributed by atoms with Crippen molar-refractivity contribution in [1.29, 1.82) is 0 Å². The van der Waals surface area contributed by atoms with Gasteiger partial charge < -0.3 is 10.4 Å². The van der Waals surface area contributed by atoms with Crippen LogP contribution in [0.25, 0.3) is 0 Å². The molecule has 0 saturated carbocycles. The van der Waals surface area contributed by atoms with Crippen LogP contribution in [0.4, 0.5) is 0 Å². The summed E-state index contributed by atoms with van der Waals surface area (Å²) in [4.78, 5) is 23.0. The van der Waals surface area contributed by atoms with Gasteiger partial charge in [-0.05, 0) is 24.5 Å². The number of carboxylic acids is 1. The topological polar surface area (TPSA) is 66.4 Å². The molecule has 4 nitrogen and oxygen atoms in total. The molecule has 0 aliphatic carbocycles. The summed E-state index contributed by atoms with van der Waals surface area (Å²) >= 11 is 0. The molecule has 18 heavy (non-hydrogen) atoms. The highest BCUT2D eigenvalue weighted by Crippen LogP contribution is 2.10. The van der Waals surface area contributed by atoms with Crippen LogP contribution in [0.15, 0.2) is 24.3 Å². The van der Waals surface area contributed by atoms with Crippen molar-refractivity contribution in [2.75, 3.05) is 0 Å². The van der Waals surface area contributed by atoms with Crippen LogP contribution < -0.4 is 5.32 Å². The molecule has 0 heterocycles. The summed E-state index contributed by atoms with van der Waals surface area (Å²) in [6, 6.07) is 6.44. The highest BCUT2D eigenvalue weighted by molar-refractivity contribution is 5.97. The molecule has 0 bridgehead atoms. The zero-order valence-corrected chi connectivity index (χ0v) is 10.8. The van der Waals surface area contributed by atoms with Crippen LogP contribution in [0.5, 0.6) is 0 Å². The third-order valence-corrected chi connectivity index (χ3v) is 2.82. The number of rotatable bonds is 6. The average molecular weight is 249 g/mol. The number of aliphatic carboxylic acids is 1. The number of nitrogens with one attached hydrogen (secondary N) is 1. The quantitative estimate of drug-likeness (QED) is 0.812. The van der Waals surface area contributed by atoms with Gasteiger partial charge in [0, 0.05) is 5.56 Å². The lowest BCUT2D eigenvalue weighted by Gasteiger charge is -2.15. The number of aryl methyl sites for hydroxylation is 1. The van der Waals surface area contributed by atoms with E-state index in [0.717, 1.165) is 12.0 Å². The van der Waals surface area contributed by atoms with Gasteiger partial charge in [-0.15, -0.1) is 0 Å². The molecule has 1 aromatic rings. The van der Waals surface area contributed by atoms with Gasteiger partial charge in [-0.1, -0.05) is 38.5 Å². The molecule has 0 radical (unpaired) electrons. The van der Waals surface area contributed by atoms with Gasteiger partial charge in [-0.25, -0.2) is 4.79 Å². The van der Waals surface area contributed by atoms with Gasteiger partial charge in [0.15, 0.2) is 0 Å². The Hall–Kier alpha value is -1.84. The first-order valence-corrected chi connectivity index (χ1v) is 6.21. The van der Waals surface area contributed by atoms with Gasteiger partial charge in [0.2, 0.25) is 0 Å². The molecule has 2 N–H and O–H groups in total. The van der Waals surface area contributed by atoms with E-state index in [-0.39, 0.29) is 5.91 Å². The van der Waals surface area contributed by atoms with E-state index in [2.05, 4.69) is 5.32 Å². The second-order valence-corrected chi connectivity index (χ2v) is 4.16. The Bertz CT molecular complexity index is 429. The lowest BCUT2D eigenvalue weighted by atomic mass is 10.0. The Morgan fingerprint density at radius 1 is 1.28 bits per heavy atom. The lowest BCUT2D eigenvalue weighted by molar-refractivity contribution is -0.139. The van der Waals surface area contributed by atoms with Crippen molar-refractivity contribution in [3.63, 3.8) is 0 Å². The monoisotopic (exact) mass is 249 g/mol. The second-order valence-electron chi connectivity index (χ2n) is 4.16. The predicted molar refractivity (Wildman–Crippen MR) is 69.6 cm³/mol. The summed E-state index contributed by atoms with van der Waals surface area (Å²) in [5, 5.41) is 11.6. The number of carbonyl (C=O) groups excluding carboxylic acids is 1. The summed E-state index contributed by atoms with van der Waals surface area (Å²) in [7, 11) is 0. The van der Waals surface area contributed by atoms with Gasteiger partial charge in [0.25, 0.3) is 5.91 Å². The zero-order chi connectivity index (χ0) is 13.5. The molecule has 0 aliphatic heterocycles. The smallest absolute Gasteiger partial charge is 0.326 e. The third-order valence-electron chi connectivity index (χ3n) is 2.82. The van der Waals surface area contributed by atoms with Crippen LogP contribution in [-0.2, 0) is 11.2 Å². The fourth-order valence-electron chi connectivity index (χ4n) is 1.83. The molecule has 1 amide bonds. The van der Waals surface area contributed by atoms with Crippen LogP contribution in [0, 0.1) is 0 Å². The largest absolute Gasteiger partial charge is 0.480 e. The molecule has 0 spiro atoms. The van der Waals surface area contributed by atoms with Crippen molar-refractivity contribution in [3.05, 3.63) is 35.4 Å². The maximum Gasteiger partial charge on any atom is 0.326 e. The second kappa shape index (κ2) is 6.79. The summed E-state index contributed by atoms with van der Waals surface area (Å²) in [6.07, 6.45) is 1.90. The molecule has 98 valence electrons. The van der Waals surface area contributed by atoms with Crippen molar-refractivity contribution in [2.45, 2.75) is 39.2 Å². The van der Waals surface area contributed by atoms with E-state index < -0.39 is 12.0 Å². The third kappa shape index (κ3) is 3.58.